The number of aliphatic hydroxyl groups is 2. The van der Waals surface area contributed by atoms with Gasteiger partial charge in [0, 0.05) is 4.47 Å². The van der Waals surface area contributed by atoms with E-state index in [0.717, 1.165) is 38.5 Å². The molecular formula is C40H51BrO2Si. The van der Waals surface area contributed by atoms with E-state index in [-0.39, 0.29) is 23.0 Å². The lowest BCUT2D eigenvalue weighted by atomic mass is 9.66. The van der Waals surface area contributed by atoms with Crippen LogP contribution in [0.5, 0.6) is 0 Å². The van der Waals surface area contributed by atoms with Crippen LogP contribution in [-0.2, 0) is 6.42 Å². The SMILES string of the molecule is C=C1C(c2cccc(C)c2)=C([Si](C)(C)C)C[C@@]2(C)C[C@@H](O)C[C@H]12.Cc1ccc2c(Br)cc3c(c2c1)CC[C@@]1(C)C[C@@H](O)C[C@H]31. The molecule has 2 N–H and O–H groups in total. The van der Waals surface area contributed by atoms with E-state index in [9.17, 15) is 10.2 Å². The van der Waals surface area contributed by atoms with E-state index in [0.29, 0.717) is 11.8 Å². The summed E-state index contributed by atoms with van der Waals surface area (Å²) >= 11 is 3.77. The van der Waals surface area contributed by atoms with Crippen LogP contribution in [-0.4, -0.2) is 30.5 Å². The van der Waals surface area contributed by atoms with Gasteiger partial charge in [-0.3, -0.25) is 0 Å². The molecule has 2 saturated carbocycles. The average molecular weight is 672 g/mol. The zero-order chi connectivity index (χ0) is 31.8. The molecule has 0 saturated heterocycles. The molecule has 4 aliphatic rings. The van der Waals surface area contributed by atoms with E-state index in [1.165, 1.54) is 60.6 Å². The molecule has 0 heterocycles. The minimum Gasteiger partial charge on any atom is -0.393 e. The first-order chi connectivity index (χ1) is 20.6. The van der Waals surface area contributed by atoms with E-state index in [4.69, 9.17) is 0 Å². The summed E-state index contributed by atoms with van der Waals surface area (Å²) in [7, 11) is -1.45. The smallest absolute Gasteiger partial charge is 0.0732 e. The third-order valence-electron chi connectivity index (χ3n) is 11.6. The molecular weight excluding hydrogens is 620 g/mol. The fourth-order valence-electron chi connectivity index (χ4n) is 9.41. The van der Waals surface area contributed by atoms with Gasteiger partial charge in [-0.05, 0) is 126 Å². The van der Waals surface area contributed by atoms with Crippen LogP contribution >= 0.6 is 15.9 Å². The summed E-state index contributed by atoms with van der Waals surface area (Å²) in [6.07, 6.45) is 6.87. The number of hydrogen-bond acceptors (Lipinski definition) is 2. The second kappa shape index (κ2) is 11.4. The van der Waals surface area contributed by atoms with Crippen molar-refractivity contribution in [3.05, 3.63) is 98.2 Å². The summed E-state index contributed by atoms with van der Waals surface area (Å²) in [4.78, 5) is 0. The van der Waals surface area contributed by atoms with Gasteiger partial charge in [0.2, 0.25) is 0 Å². The second-order valence-electron chi connectivity index (χ2n) is 16.3. The lowest BCUT2D eigenvalue weighted by Gasteiger charge is -2.44. The Morgan fingerprint density at radius 3 is 2.18 bits per heavy atom. The van der Waals surface area contributed by atoms with Gasteiger partial charge in [0.15, 0.2) is 0 Å². The summed E-state index contributed by atoms with van der Waals surface area (Å²) < 4.78 is 1.20. The lowest BCUT2D eigenvalue weighted by molar-refractivity contribution is 0.159. The molecule has 2 fully saturated rings. The highest BCUT2D eigenvalue weighted by atomic mass is 79.9. The van der Waals surface area contributed by atoms with Crippen LogP contribution in [0.2, 0.25) is 19.6 Å². The maximum atomic E-state index is 10.3. The quantitative estimate of drug-likeness (QED) is 0.266. The molecule has 7 rings (SSSR count). The Balaban J connectivity index is 0.000000156. The number of benzene rings is 3. The molecule has 2 nitrogen and oxygen atoms in total. The lowest BCUT2D eigenvalue weighted by Crippen LogP contribution is -2.37. The van der Waals surface area contributed by atoms with E-state index in [2.05, 4.69) is 118 Å². The Bertz CT molecular complexity index is 1660. The van der Waals surface area contributed by atoms with Gasteiger partial charge in [-0.2, -0.15) is 0 Å². The van der Waals surface area contributed by atoms with Crippen LogP contribution in [0.15, 0.2) is 70.4 Å². The Morgan fingerprint density at radius 1 is 0.841 bits per heavy atom. The van der Waals surface area contributed by atoms with Gasteiger partial charge in [-0.25, -0.2) is 0 Å². The molecule has 0 spiro atoms. The van der Waals surface area contributed by atoms with Crippen LogP contribution in [0.1, 0.15) is 86.1 Å². The molecule has 0 amide bonds. The summed E-state index contributed by atoms with van der Waals surface area (Å²) in [6, 6.07) is 17.9. The van der Waals surface area contributed by atoms with Crippen molar-refractivity contribution < 1.29 is 10.2 Å². The van der Waals surface area contributed by atoms with Crippen molar-refractivity contribution >= 4 is 40.3 Å². The first-order valence-corrected chi connectivity index (χ1v) is 21.0. The summed E-state index contributed by atoms with van der Waals surface area (Å²) in [5.41, 5.74) is 10.1. The molecule has 0 aliphatic heterocycles. The molecule has 0 bridgehead atoms. The largest absolute Gasteiger partial charge is 0.393 e. The van der Waals surface area contributed by atoms with Gasteiger partial charge in [0.25, 0.3) is 0 Å². The fourth-order valence-corrected chi connectivity index (χ4v) is 12.0. The number of aliphatic hydroxyl groups excluding tert-OH is 2. The number of aryl methyl sites for hydroxylation is 3. The Labute approximate surface area is 274 Å². The van der Waals surface area contributed by atoms with E-state index < -0.39 is 8.07 Å². The second-order valence-corrected chi connectivity index (χ2v) is 22.2. The monoisotopic (exact) mass is 670 g/mol. The van der Waals surface area contributed by atoms with E-state index >= 15 is 0 Å². The average Bonchev–Trinajstić information content (AvgIpc) is 3.42. The standard InChI is InChI=1S/C21H30OSi.C19H21BrO/c1-14-8-7-9-16(10-14)20-15(2)18-11-17(22)12-21(18,3)13-19(20)23(4,5)6;1-11-3-4-14-15(7-11)13-5-6-19(2)10-12(21)8-17(19)16(13)9-18(14)20/h7-10,17-18,22H,2,11-13H2,1,3-6H3;3-4,7,9,12,17,21H,5-6,8,10H2,1-2H3/t17-,18+,21+;12-,17+,19-/m00/s1. The minimum atomic E-state index is -1.45. The van der Waals surface area contributed by atoms with Crippen LogP contribution < -0.4 is 0 Å². The zero-order valence-electron chi connectivity index (χ0n) is 27.9. The van der Waals surface area contributed by atoms with E-state index in [1.54, 1.807) is 5.20 Å². The summed E-state index contributed by atoms with van der Waals surface area (Å²) in [6.45, 7) is 20.9. The Morgan fingerprint density at radius 2 is 1.50 bits per heavy atom. The highest BCUT2D eigenvalue weighted by Crippen LogP contribution is 2.59. The van der Waals surface area contributed by atoms with Crippen LogP contribution in [0, 0.1) is 30.6 Å². The highest BCUT2D eigenvalue weighted by Gasteiger charge is 2.50. The molecule has 3 aromatic rings. The Kier molecular flexibility index (Phi) is 8.26. The molecule has 4 heteroatoms. The summed E-state index contributed by atoms with van der Waals surface area (Å²) in [5, 5.41) is 24.8. The molecule has 44 heavy (non-hydrogen) atoms. The molecule has 0 aromatic heterocycles. The topological polar surface area (TPSA) is 40.5 Å². The third kappa shape index (κ3) is 5.63. The fraction of sp³-hybridized carbons (Fsp3) is 0.500. The summed E-state index contributed by atoms with van der Waals surface area (Å²) in [5.74, 6) is 0.936. The highest BCUT2D eigenvalue weighted by molar-refractivity contribution is 9.10. The predicted molar refractivity (Wildman–Crippen MR) is 193 cm³/mol. The van der Waals surface area contributed by atoms with Crippen molar-refractivity contribution in [3.8, 4) is 0 Å². The number of hydrogen-bond donors (Lipinski definition) is 2. The molecule has 4 aliphatic carbocycles. The normalized spacial score (nSPS) is 31.4. The van der Waals surface area contributed by atoms with Crippen molar-refractivity contribution in [1.29, 1.82) is 0 Å². The first kappa shape index (κ1) is 32.0. The van der Waals surface area contributed by atoms with Crippen LogP contribution in [0.3, 0.4) is 0 Å². The van der Waals surface area contributed by atoms with Crippen molar-refractivity contribution in [2.45, 2.75) is 110 Å². The van der Waals surface area contributed by atoms with Gasteiger partial charge in [-0.1, -0.05) is 115 Å². The predicted octanol–water partition coefficient (Wildman–Crippen LogP) is 10.5. The van der Waals surface area contributed by atoms with Gasteiger partial charge in [0.1, 0.15) is 0 Å². The van der Waals surface area contributed by atoms with Gasteiger partial charge in [0.05, 0.1) is 20.3 Å². The van der Waals surface area contributed by atoms with Gasteiger partial charge in [-0.15, -0.1) is 0 Å². The van der Waals surface area contributed by atoms with Gasteiger partial charge < -0.3 is 10.2 Å². The number of allylic oxidation sites excluding steroid dienone is 3. The molecule has 0 unspecified atom stereocenters. The molecule has 3 aromatic carbocycles. The zero-order valence-corrected chi connectivity index (χ0v) is 30.4. The van der Waals surface area contributed by atoms with Crippen LogP contribution in [0.25, 0.3) is 16.3 Å². The number of fused-ring (bicyclic) bond motifs is 6. The Hall–Kier alpha value is -1.98. The van der Waals surface area contributed by atoms with Crippen molar-refractivity contribution in [3.63, 3.8) is 0 Å². The molecule has 0 radical (unpaired) electrons. The first-order valence-electron chi connectivity index (χ1n) is 16.7. The molecule has 234 valence electrons. The third-order valence-corrected chi connectivity index (χ3v) is 14.5. The van der Waals surface area contributed by atoms with Crippen molar-refractivity contribution in [1.82, 2.24) is 0 Å². The van der Waals surface area contributed by atoms with Crippen LogP contribution in [0.4, 0.5) is 0 Å². The van der Waals surface area contributed by atoms with E-state index in [1.807, 2.05) is 0 Å². The maximum absolute atomic E-state index is 10.3. The minimum absolute atomic E-state index is 0.127. The van der Waals surface area contributed by atoms with Gasteiger partial charge >= 0.3 is 0 Å². The molecule has 6 atom stereocenters. The van der Waals surface area contributed by atoms with Crippen molar-refractivity contribution in [2.24, 2.45) is 16.7 Å². The number of rotatable bonds is 2. The number of halogens is 1. The van der Waals surface area contributed by atoms with Crippen molar-refractivity contribution in [2.75, 3.05) is 0 Å². The maximum Gasteiger partial charge on any atom is 0.0732 e.